The number of aliphatic carboxylic acids is 1. The number of carbonyl (C=O) groups excluding carboxylic acids is 2. The van der Waals surface area contributed by atoms with Crippen LogP contribution in [0.5, 0.6) is 0 Å². The lowest BCUT2D eigenvalue weighted by Gasteiger charge is -2.20. The van der Waals surface area contributed by atoms with Gasteiger partial charge in [0, 0.05) is 12.0 Å². The molecule has 34 heavy (non-hydrogen) atoms. The van der Waals surface area contributed by atoms with Crippen LogP contribution in [-0.4, -0.2) is 48.2 Å². The summed E-state index contributed by atoms with van der Waals surface area (Å²) in [6, 6.07) is 15.7. The maximum Gasteiger partial charge on any atom is 0.407 e. The van der Waals surface area contributed by atoms with E-state index in [1.54, 1.807) is 0 Å². The topological polar surface area (TPSA) is 105 Å². The Balaban J connectivity index is 1.15. The molecule has 0 saturated heterocycles. The number of halogens is 2. The van der Waals surface area contributed by atoms with E-state index in [1.165, 1.54) is 0 Å². The highest BCUT2D eigenvalue weighted by atomic mass is 19.3. The molecule has 5 rings (SSSR count). The van der Waals surface area contributed by atoms with Gasteiger partial charge in [-0.05, 0) is 47.4 Å². The third-order valence-corrected chi connectivity index (χ3v) is 7.31. The first kappa shape index (κ1) is 22.3. The number of amides is 2. The Morgan fingerprint density at radius 3 is 2.26 bits per heavy atom. The highest BCUT2D eigenvalue weighted by Crippen LogP contribution is 2.63. The van der Waals surface area contributed by atoms with Gasteiger partial charge in [-0.15, -0.1) is 0 Å². The average molecular weight is 470 g/mol. The molecule has 0 bridgehead atoms. The number of carbonyl (C=O) groups is 3. The zero-order chi connectivity index (χ0) is 24.1. The molecule has 2 amide bonds. The molecule has 9 heteroatoms. The van der Waals surface area contributed by atoms with E-state index in [0.717, 1.165) is 22.3 Å². The van der Waals surface area contributed by atoms with Crippen LogP contribution in [0.15, 0.2) is 48.5 Å². The van der Waals surface area contributed by atoms with Crippen LogP contribution in [0.3, 0.4) is 0 Å². The lowest BCUT2D eigenvalue weighted by molar-refractivity contribution is -0.164. The first-order valence-corrected chi connectivity index (χ1v) is 11.2. The van der Waals surface area contributed by atoms with E-state index in [4.69, 9.17) is 9.84 Å². The number of hydrogen-bond acceptors (Lipinski definition) is 4. The molecular weight excluding hydrogens is 446 g/mol. The molecule has 0 aromatic heterocycles. The predicted molar refractivity (Wildman–Crippen MR) is 117 cm³/mol. The van der Waals surface area contributed by atoms with E-state index in [0.29, 0.717) is 19.3 Å². The van der Waals surface area contributed by atoms with Crippen molar-refractivity contribution in [1.82, 2.24) is 10.6 Å². The summed E-state index contributed by atoms with van der Waals surface area (Å²) in [4.78, 5) is 35.5. The highest BCUT2D eigenvalue weighted by Gasteiger charge is 2.65. The van der Waals surface area contributed by atoms with Gasteiger partial charge in [-0.1, -0.05) is 48.5 Å². The van der Waals surface area contributed by atoms with Crippen molar-refractivity contribution in [2.75, 3.05) is 13.2 Å². The summed E-state index contributed by atoms with van der Waals surface area (Å²) in [5, 5.41) is 13.4. The molecule has 3 atom stereocenters. The smallest absolute Gasteiger partial charge is 0.407 e. The summed E-state index contributed by atoms with van der Waals surface area (Å²) in [5.41, 5.74) is 3.64. The molecule has 3 aliphatic carbocycles. The van der Waals surface area contributed by atoms with E-state index in [2.05, 4.69) is 22.8 Å². The number of carboxylic acids is 1. The van der Waals surface area contributed by atoms with Crippen LogP contribution in [0.1, 0.15) is 36.3 Å². The first-order chi connectivity index (χ1) is 16.2. The van der Waals surface area contributed by atoms with Crippen LogP contribution in [0.4, 0.5) is 13.6 Å². The lowest BCUT2D eigenvalue weighted by atomic mass is 9.98. The van der Waals surface area contributed by atoms with Gasteiger partial charge in [0.15, 0.2) is 0 Å². The van der Waals surface area contributed by atoms with Gasteiger partial charge < -0.3 is 20.5 Å². The average Bonchev–Trinajstić information content (AvgIpc) is 3.24. The van der Waals surface area contributed by atoms with E-state index in [1.807, 2.05) is 36.4 Å². The first-order valence-electron chi connectivity index (χ1n) is 11.2. The van der Waals surface area contributed by atoms with Crippen LogP contribution in [0.25, 0.3) is 11.1 Å². The Morgan fingerprint density at radius 1 is 1.03 bits per heavy atom. The maximum atomic E-state index is 13.3. The van der Waals surface area contributed by atoms with Crippen LogP contribution in [0.2, 0.25) is 0 Å². The highest BCUT2D eigenvalue weighted by molar-refractivity contribution is 5.87. The summed E-state index contributed by atoms with van der Waals surface area (Å²) in [6.07, 6.45) is 0.820. The van der Waals surface area contributed by atoms with Crippen molar-refractivity contribution in [1.29, 1.82) is 0 Å². The number of nitrogens with one attached hydrogen (secondary N) is 2. The summed E-state index contributed by atoms with van der Waals surface area (Å²) in [7, 11) is 0. The van der Waals surface area contributed by atoms with Crippen molar-refractivity contribution in [2.24, 2.45) is 11.3 Å². The van der Waals surface area contributed by atoms with Crippen molar-refractivity contribution < 1.29 is 33.0 Å². The van der Waals surface area contributed by atoms with Crippen LogP contribution >= 0.6 is 0 Å². The molecule has 2 aromatic carbocycles. The number of rotatable bonds is 7. The van der Waals surface area contributed by atoms with E-state index in [-0.39, 0.29) is 24.5 Å². The number of carboxylic acid groups (broad SMARTS) is 1. The van der Waals surface area contributed by atoms with Gasteiger partial charge >= 0.3 is 18.0 Å². The maximum absolute atomic E-state index is 13.3. The Kier molecular flexibility index (Phi) is 5.30. The largest absolute Gasteiger partial charge is 0.477 e. The Hall–Kier alpha value is -3.49. The normalized spacial score (nSPS) is 24.5. The minimum Gasteiger partial charge on any atom is -0.477 e. The molecule has 2 saturated carbocycles. The van der Waals surface area contributed by atoms with E-state index < -0.39 is 35.9 Å². The zero-order valence-electron chi connectivity index (χ0n) is 18.2. The summed E-state index contributed by atoms with van der Waals surface area (Å²) in [6.45, 7) is -1.08. The molecule has 2 fully saturated rings. The lowest BCUT2D eigenvalue weighted by Crippen LogP contribution is -2.45. The van der Waals surface area contributed by atoms with Gasteiger partial charge in [0.25, 0.3) is 0 Å². The van der Waals surface area contributed by atoms with Crippen LogP contribution in [-0.2, 0) is 14.3 Å². The molecule has 0 heterocycles. The van der Waals surface area contributed by atoms with Gasteiger partial charge in [0.2, 0.25) is 5.91 Å². The number of hydrogen-bond donors (Lipinski definition) is 3. The second kappa shape index (κ2) is 8.07. The van der Waals surface area contributed by atoms with Crippen molar-refractivity contribution >= 4 is 18.0 Å². The Bertz CT molecular complexity index is 1120. The standard InChI is InChI=1S/C25H24F2N2O5/c26-25(27,22(31)32)13-28-21(30)24-10-14(24)9-15(11-24)29-23(33)34-12-20-18-7-3-1-5-16(18)17-6-2-4-8-19(17)20/h1-8,14-15,20H,9-13H2,(H,28,30)(H,29,33)(H,31,32). The molecular formula is C25H24F2N2O5. The fourth-order valence-electron chi connectivity index (χ4n) is 5.54. The van der Waals surface area contributed by atoms with Gasteiger partial charge in [-0.25, -0.2) is 9.59 Å². The molecule has 0 spiro atoms. The third-order valence-electron chi connectivity index (χ3n) is 7.31. The van der Waals surface area contributed by atoms with Gasteiger partial charge in [0.05, 0.1) is 12.0 Å². The molecule has 3 unspecified atom stereocenters. The van der Waals surface area contributed by atoms with E-state index >= 15 is 0 Å². The van der Waals surface area contributed by atoms with Crippen molar-refractivity contribution in [3.05, 3.63) is 59.7 Å². The number of alkyl carbamates (subject to hydrolysis) is 1. The minimum atomic E-state index is -4.02. The number of benzene rings is 2. The summed E-state index contributed by atoms with van der Waals surface area (Å²) in [5.74, 6) is -6.98. The molecule has 3 aliphatic rings. The number of ether oxygens (including phenoxy) is 1. The van der Waals surface area contributed by atoms with Gasteiger partial charge in [-0.3, -0.25) is 4.79 Å². The fourth-order valence-corrected chi connectivity index (χ4v) is 5.54. The Labute approximate surface area is 194 Å². The van der Waals surface area contributed by atoms with Gasteiger partial charge in [0.1, 0.15) is 6.61 Å². The molecule has 7 nitrogen and oxygen atoms in total. The fraction of sp³-hybridized carbons (Fsp3) is 0.400. The summed E-state index contributed by atoms with van der Waals surface area (Å²) >= 11 is 0. The number of alkyl halides is 2. The van der Waals surface area contributed by atoms with Crippen molar-refractivity contribution in [2.45, 2.75) is 37.1 Å². The molecule has 2 aromatic rings. The second-order valence-corrected chi connectivity index (χ2v) is 9.36. The summed E-state index contributed by atoms with van der Waals surface area (Å²) < 4.78 is 32.1. The predicted octanol–water partition coefficient (Wildman–Crippen LogP) is 3.53. The molecule has 178 valence electrons. The number of fused-ring (bicyclic) bond motifs is 4. The zero-order valence-corrected chi connectivity index (χ0v) is 18.2. The monoisotopic (exact) mass is 470 g/mol. The van der Waals surface area contributed by atoms with Crippen LogP contribution in [0, 0.1) is 11.3 Å². The third kappa shape index (κ3) is 3.78. The molecule has 3 N–H and O–H groups in total. The second-order valence-electron chi connectivity index (χ2n) is 9.36. The molecule has 0 radical (unpaired) electrons. The SMILES string of the molecule is O=C(NC1CC2CC2(C(=O)NCC(F)(F)C(=O)O)C1)OCC1c2ccccc2-c2ccccc21. The van der Waals surface area contributed by atoms with Crippen molar-refractivity contribution in [3.8, 4) is 11.1 Å². The minimum absolute atomic E-state index is 0.0233. The van der Waals surface area contributed by atoms with E-state index in [9.17, 15) is 23.2 Å². The molecule has 0 aliphatic heterocycles. The van der Waals surface area contributed by atoms with Crippen molar-refractivity contribution in [3.63, 3.8) is 0 Å². The quantitative estimate of drug-likeness (QED) is 0.574. The Morgan fingerprint density at radius 2 is 1.65 bits per heavy atom. The van der Waals surface area contributed by atoms with Crippen LogP contribution < -0.4 is 10.6 Å². The van der Waals surface area contributed by atoms with Gasteiger partial charge in [-0.2, -0.15) is 8.78 Å².